The Morgan fingerprint density at radius 1 is 1.50 bits per heavy atom. The van der Waals surface area contributed by atoms with E-state index in [1.54, 1.807) is 18.4 Å². The zero-order valence-corrected chi connectivity index (χ0v) is 13.7. The van der Waals surface area contributed by atoms with Gasteiger partial charge in [0, 0.05) is 18.0 Å². The molecule has 1 rings (SSSR count). The van der Waals surface area contributed by atoms with E-state index in [1.165, 1.54) is 4.88 Å². The average molecular weight is 336 g/mol. The Hall–Kier alpha value is -0.100. The molecule has 1 aromatic heterocycles. The summed E-state index contributed by atoms with van der Waals surface area (Å²) in [6.07, 6.45) is 2.12. The van der Waals surface area contributed by atoms with Crippen molar-refractivity contribution in [3.63, 3.8) is 0 Å². The molecule has 0 saturated carbocycles. The monoisotopic (exact) mass is 335 g/mol. The highest BCUT2D eigenvalue weighted by Crippen LogP contribution is 2.34. The molecule has 0 aliphatic heterocycles. The standard InChI is InChI=1S/C13H22BrNO2S/c1-13(2,9-16)5-4-6-15-8-10-7-11(14)12(17-3)18-10/h7,15-16H,4-6,8-9H2,1-3H3. The highest BCUT2D eigenvalue weighted by Gasteiger charge is 2.15. The summed E-state index contributed by atoms with van der Waals surface area (Å²) >= 11 is 5.12. The third-order valence-corrected chi connectivity index (χ3v) is 4.77. The highest BCUT2D eigenvalue weighted by molar-refractivity contribution is 9.10. The lowest BCUT2D eigenvalue weighted by atomic mass is 9.89. The van der Waals surface area contributed by atoms with Crippen molar-refractivity contribution in [3.05, 3.63) is 15.4 Å². The van der Waals surface area contributed by atoms with Crippen molar-refractivity contribution in [2.24, 2.45) is 5.41 Å². The van der Waals surface area contributed by atoms with Crippen LogP contribution < -0.4 is 10.1 Å². The fraction of sp³-hybridized carbons (Fsp3) is 0.692. The lowest BCUT2D eigenvalue weighted by Crippen LogP contribution is -2.20. The molecule has 0 radical (unpaired) electrons. The molecule has 0 fully saturated rings. The van der Waals surface area contributed by atoms with Crippen molar-refractivity contribution in [1.29, 1.82) is 0 Å². The lowest BCUT2D eigenvalue weighted by Gasteiger charge is -2.21. The van der Waals surface area contributed by atoms with Gasteiger partial charge < -0.3 is 15.2 Å². The maximum absolute atomic E-state index is 9.15. The van der Waals surface area contributed by atoms with E-state index >= 15 is 0 Å². The van der Waals surface area contributed by atoms with Gasteiger partial charge in [-0.1, -0.05) is 13.8 Å². The largest absolute Gasteiger partial charge is 0.486 e. The molecular weight excluding hydrogens is 314 g/mol. The van der Waals surface area contributed by atoms with Gasteiger partial charge in [0.25, 0.3) is 0 Å². The van der Waals surface area contributed by atoms with Gasteiger partial charge in [0.2, 0.25) is 0 Å². The molecule has 5 heteroatoms. The number of aliphatic hydroxyl groups excluding tert-OH is 1. The molecule has 0 amide bonds. The molecule has 18 heavy (non-hydrogen) atoms. The minimum atomic E-state index is 0.0386. The lowest BCUT2D eigenvalue weighted by molar-refractivity contribution is 0.148. The van der Waals surface area contributed by atoms with Gasteiger partial charge in [0.15, 0.2) is 5.06 Å². The molecule has 0 unspecified atom stereocenters. The van der Waals surface area contributed by atoms with E-state index in [1.807, 2.05) is 0 Å². The number of ether oxygens (including phenoxy) is 1. The Morgan fingerprint density at radius 2 is 2.22 bits per heavy atom. The normalized spacial score (nSPS) is 11.8. The number of hydrogen-bond acceptors (Lipinski definition) is 4. The number of thiophene rings is 1. The molecular formula is C13H22BrNO2S. The molecule has 0 aliphatic rings. The van der Waals surface area contributed by atoms with Crippen LogP contribution in [0.25, 0.3) is 0 Å². The summed E-state index contributed by atoms with van der Waals surface area (Å²) in [5, 5.41) is 13.5. The summed E-state index contributed by atoms with van der Waals surface area (Å²) in [5.74, 6) is 0. The zero-order valence-electron chi connectivity index (χ0n) is 11.3. The van der Waals surface area contributed by atoms with E-state index in [9.17, 15) is 0 Å². The molecule has 0 bridgehead atoms. The maximum atomic E-state index is 9.15. The van der Waals surface area contributed by atoms with Crippen LogP contribution in [0.5, 0.6) is 5.06 Å². The van der Waals surface area contributed by atoms with Crippen LogP contribution in [0.2, 0.25) is 0 Å². The first kappa shape index (κ1) is 16.0. The molecule has 0 spiro atoms. The second kappa shape index (κ2) is 7.48. The van der Waals surface area contributed by atoms with E-state index < -0.39 is 0 Å². The highest BCUT2D eigenvalue weighted by atomic mass is 79.9. The average Bonchev–Trinajstić information content (AvgIpc) is 2.69. The van der Waals surface area contributed by atoms with Crippen molar-refractivity contribution < 1.29 is 9.84 Å². The second-order valence-electron chi connectivity index (χ2n) is 5.15. The summed E-state index contributed by atoms with van der Waals surface area (Å²) in [6, 6.07) is 2.09. The van der Waals surface area contributed by atoms with Gasteiger partial charge in [-0.3, -0.25) is 0 Å². The molecule has 0 saturated heterocycles. The number of rotatable bonds is 8. The molecule has 2 N–H and O–H groups in total. The Balaban J connectivity index is 2.21. The van der Waals surface area contributed by atoms with Crippen LogP contribution in [0, 0.1) is 5.41 Å². The second-order valence-corrected chi connectivity index (χ2v) is 7.11. The summed E-state index contributed by atoms with van der Waals surface area (Å²) in [6.45, 7) is 6.28. The minimum Gasteiger partial charge on any atom is -0.486 e. The number of methoxy groups -OCH3 is 1. The van der Waals surface area contributed by atoms with Gasteiger partial charge in [-0.25, -0.2) is 0 Å². The van der Waals surface area contributed by atoms with E-state index in [0.29, 0.717) is 0 Å². The maximum Gasteiger partial charge on any atom is 0.188 e. The van der Waals surface area contributed by atoms with Crippen LogP contribution in [0.1, 0.15) is 31.6 Å². The first-order chi connectivity index (χ1) is 8.48. The van der Waals surface area contributed by atoms with E-state index in [4.69, 9.17) is 9.84 Å². The smallest absolute Gasteiger partial charge is 0.188 e. The molecule has 0 aromatic carbocycles. The third kappa shape index (κ3) is 5.26. The number of halogens is 1. The zero-order chi connectivity index (χ0) is 13.6. The van der Waals surface area contributed by atoms with Crippen molar-refractivity contribution in [2.75, 3.05) is 20.3 Å². The molecule has 0 aliphatic carbocycles. The predicted molar refractivity (Wildman–Crippen MR) is 80.4 cm³/mol. The van der Waals surface area contributed by atoms with Crippen molar-refractivity contribution in [1.82, 2.24) is 5.32 Å². The Bertz CT molecular complexity index is 366. The van der Waals surface area contributed by atoms with Crippen LogP contribution in [0.4, 0.5) is 0 Å². The fourth-order valence-corrected chi connectivity index (χ4v) is 3.27. The van der Waals surface area contributed by atoms with Gasteiger partial charge >= 0.3 is 0 Å². The fourth-order valence-electron chi connectivity index (χ4n) is 1.61. The number of nitrogens with one attached hydrogen (secondary N) is 1. The van der Waals surface area contributed by atoms with Crippen molar-refractivity contribution in [2.45, 2.75) is 33.2 Å². The van der Waals surface area contributed by atoms with E-state index in [2.05, 4.69) is 41.2 Å². The van der Waals surface area contributed by atoms with E-state index in [-0.39, 0.29) is 12.0 Å². The van der Waals surface area contributed by atoms with Gasteiger partial charge in [0.05, 0.1) is 11.6 Å². The SMILES string of the molecule is COc1sc(CNCCCC(C)(C)CO)cc1Br. The summed E-state index contributed by atoms with van der Waals surface area (Å²) < 4.78 is 6.25. The number of hydrogen-bond donors (Lipinski definition) is 2. The third-order valence-electron chi connectivity index (χ3n) is 2.83. The quantitative estimate of drug-likeness (QED) is 0.715. The van der Waals surface area contributed by atoms with Gasteiger partial charge in [-0.05, 0) is 46.8 Å². The molecule has 1 heterocycles. The van der Waals surface area contributed by atoms with Crippen LogP contribution in [-0.4, -0.2) is 25.4 Å². The Labute approximate surface area is 122 Å². The summed E-state index contributed by atoms with van der Waals surface area (Å²) in [7, 11) is 1.69. The molecule has 0 atom stereocenters. The minimum absolute atomic E-state index is 0.0386. The van der Waals surface area contributed by atoms with Gasteiger partial charge in [-0.2, -0.15) is 0 Å². The van der Waals surface area contributed by atoms with Crippen LogP contribution in [-0.2, 0) is 6.54 Å². The topological polar surface area (TPSA) is 41.5 Å². The summed E-state index contributed by atoms with van der Waals surface area (Å²) in [5.41, 5.74) is 0.0386. The van der Waals surface area contributed by atoms with Crippen molar-refractivity contribution >= 4 is 27.3 Å². The van der Waals surface area contributed by atoms with E-state index in [0.717, 1.165) is 35.5 Å². The first-order valence-electron chi connectivity index (χ1n) is 6.12. The first-order valence-corrected chi connectivity index (χ1v) is 7.73. The number of aliphatic hydroxyl groups is 1. The predicted octanol–water partition coefficient (Wildman–Crippen LogP) is 3.41. The van der Waals surface area contributed by atoms with Gasteiger partial charge in [0.1, 0.15) is 0 Å². The Morgan fingerprint density at radius 3 is 2.78 bits per heavy atom. The molecule has 104 valence electrons. The van der Waals surface area contributed by atoms with Crippen LogP contribution >= 0.6 is 27.3 Å². The molecule has 3 nitrogen and oxygen atoms in total. The van der Waals surface area contributed by atoms with Crippen LogP contribution in [0.3, 0.4) is 0 Å². The molecule has 1 aromatic rings. The van der Waals surface area contributed by atoms with Gasteiger partial charge in [-0.15, -0.1) is 11.3 Å². The van der Waals surface area contributed by atoms with Crippen LogP contribution in [0.15, 0.2) is 10.5 Å². The van der Waals surface area contributed by atoms with Crippen molar-refractivity contribution in [3.8, 4) is 5.06 Å². The summed E-state index contributed by atoms with van der Waals surface area (Å²) in [4.78, 5) is 1.26. The Kier molecular flexibility index (Phi) is 6.63.